The summed E-state index contributed by atoms with van der Waals surface area (Å²) in [5.41, 5.74) is 5.30. The number of carboxylic acids is 1. The molecule has 2 rings (SSSR count). The molecule has 4 N–H and O–H groups in total. The van der Waals surface area contributed by atoms with E-state index in [-0.39, 0.29) is 31.7 Å². The van der Waals surface area contributed by atoms with Crippen LogP contribution in [-0.4, -0.2) is 64.3 Å². The van der Waals surface area contributed by atoms with Crippen molar-refractivity contribution in [1.29, 1.82) is 0 Å². The molecule has 1 heterocycles. The quantitative estimate of drug-likeness (QED) is 0.636. The third kappa shape index (κ3) is 4.84. The zero-order valence-electron chi connectivity index (χ0n) is 16.2. The van der Waals surface area contributed by atoms with Gasteiger partial charge in [0.2, 0.25) is 5.91 Å². The van der Waals surface area contributed by atoms with Gasteiger partial charge in [0, 0.05) is 24.7 Å². The number of piperazine rings is 1. The maximum atomic E-state index is 14.1. The molecule has 1 aliphatic rings. The molecular weight excluding hydrogens is 372 g/mol. The van der Waals surface area contributed by atoms with Gasteiger partial charge in [-0.05, 0) is 32.4 Å². The molecule has 0 radical (unpaired) electrons. The number of hydrogen-bond donors (Lipinski definition) is 3. The number of hydrogen-bond acceptors (Lipinski definition) is 5. The topological polar surface area (TPSA) is 107 Å². The molecule has 1 fully saturated rings. The van der Waals surface area contributed by atoms with Gasteiger partial charge in [0.05, 0.1) is 24.3 Å². The molecule has 28 heavy (non-hydrogen) atoms. The minimum Gasteiger partial charge on any atom is -0.481 e. The SMILES string of the molecule is C[C@H](C[C@H](O)[C@@H](N)CN1CC(=O)N(c2cccc(F)c2F)CC1(C)C)C(=O)O. The Kier molecular flexibility index (Phi) is 6.74. The van der Waals surface area contributed by atoms with Gasteiger partial charge in [0.1, 0.15) is 0 Å². The third-order valence-corrected chi connectivity index (χ3v) is 5.19. The van der Waals surface area contributed by atoms with Crippen molar-refractivity contribution < 1.29 is 28.6 Å². The Bertz CT molecular complexity index is 744. The number of amides is 1. The zero-order valence-corrected chi connectivity index (χ0v) is 16.2. The Hall–Kier alpha value is -2.10. The molecule has 1 aromatic carbocycles. The summed E-state index contributed by atoms with van der Waals surface area (Å²) < 4.78 is 27.7. The minimum atomic E-state index is -1.07. The molecule has 0 spiro atoms. The van der Waals surface area contributed by atoms with E-state index in [9.17, 15) is 23.5 Å². The van der Waals surface area contributed by atoms with Crippen LogP contribution >= 0.6 is 0 Å². The van der Waals surface area contributed by atoms with E-state index in [1.54, 1.807) is 4.90 Å². The van der Waals surface area contributed by atoms with Crippen LogP contribution in [0.1, 0.15) is 27.2 Å². The van der Waals surface area contributed by atoms with Gasteiger partial charge >= 0.3 is 5.97 Å². The van der Waals surface area contributed by atoms with Gasteiger partial charge < -0.3 is 20.8 Å². The molecule has 1 amide bonds. The standard InChI is InChI=1S/C19H27F2N3O4/c1-11(18(27)28)7-15(25)13(22)8-23-9-16(26)24(10-19(23,2)3)14-6-4-5-12(20)17(14)21/h4-6,11,13,15,25H,7-10,22H2,1-3H3,(H,27,28)/t11-,13+,15+/m1/s1. The van der Waals surface area contributed by atoms with Crippen LogP contribution in [-0.2, 0) is 9.59 Å². The summed E-state index contributed by atoms with van der Waals surface area (Å²) in [4.78, 5) is 26.5. The van der Waals surface area contributed by atoms with Crippen LogP contribution in [0.2, 0.25) is 0 Å². The van der Waals surface area contributed by atoms with Crippen LogP contribution in [0.25, 0.3) is 0 Å². The first-order chi connectivity index (χ1) is 12.9. The van der Waals surface area contributed by atoms with Gasteiger partial charge in [-0.2, -0.15) is 0 Å². The molecule has 1 saturated heterocycles. The molecule has 1 aromatic rings. The first-order valence-corrected chi connectivity index (χ1v) is 9.10. The maximum Gasteiger partial charge on any atom is 0.306 e. The number of carbonyl (C=O) groups is 2. The number of aliphatic hydroxyl groups is 1. The van der Waals surface area contributed by atoms with Crippen LogP contribution in [0.4, 0.5) is 14.5 Å². The Morgan fingerprint density at radius 2 is 2.00 bits per heavy atom. The van der Waals surface area contributed by atoms with E-state index >= 15 is 0 Å². The zero-order chi connectivity index (χ0) is 21.2. The van der Waals surface area contributed by atoms with Crippen LogP contribution < -0.4 is 10.6 Å². The summed E-state index contributed by atoms with van der Waals surface area (Å²) in [6.07, 6.45) is -1.05. The Balaban J connectivity index is 2.10. The summed E-state index contributed by atoms with van der Waals surface area (Å²) >= 11 is 0. The average molecular weight is 399 g/mol. The van der Waals surface area contributed by atoms with E-state index in [1.165, 1.54) is 24.0 Å². The molecule has 7 nitrogen and oxygen atoms in total. The number of nitrogens with zero attached hydrogens (tertiary/aromatic N) is 2. The van der Waals surface area contributed by atoms with E-state index in [4.69, 9.17) is 10.8 Å². The lowest BCUT2D eigenvalue weighted by Gasteiger charge is -2.47. The molecule has 156 valence electrons. The number of anilines is 1. The highest BCUT2D eigenvalue weighted by atomic mass is 19.2. The van der Waals surface area contributed by atoms with E-state index in [2.05, 4.69) is 0 Å². The van der Waals surface area contributed by atoms with E-state index < -0.39 is 47.1 Å². The van der Waals surface area contributed by atoms with Gasteiger partial charge in [-0.3, -0.25) is 14.5 Å². The van der Waals surface area contributed by atoms with Crippen LogP contribution in [0.3, 0.4) is 0 Å². The molecule has 0 aromatic heterocycles. The summed E-state index contributed by atoms with van der Waals surface area (Å²) in [5.74, 6) is -4.28. The average Bonchev–Trinajstić information content (AvgIpc) is 2.60. The minimum absolute atomic E-state index is 0.000651. The maximum absolute atomic E-state index is 14.1. The number of halogens is 2. The molecule has 0 saturated carbocycles. The number of rotatable bonds is 7. The molecule has 0 aliphatic carbocycles. The highest BCUT2D eigenvalue weighted by Crippen LogP contribution is 2.29. The number of nitrogens with two attached hydrogens (primary N) is 1. The lowest BCUT2D eigenvalue weighted by molar-refractivity contribution is -0.142. The van der Waals surface area contributed by atoms with E-state index in [0.717, 1.165) is 6.07 Å². The van der Waals surface area contributed by atoms with Crippen molar-refractivity contribution in [3.05, 3.63) is 29.8 Å². The van der Waals surface area contributed by atoms with Crippen molar-refractivity contribution in [3.63, 3.8) is 0 Å². The lowest BCUT2D eigenvalue weighted by atomic mass is 9.94. The number of carbonyl (C=O) groups excluding carboxylic acids is 1. The van der Waals surface area contributed by atoms with Crippen molar-refractivity contribution in [3.8, 4) is 0 Å². The van der Waals surface area contributed by atoms with Gasteiger partial charge in [0.15, 0.2) is 11.6 Å². The Labute approximate surface area is 162 Å². The fourth-order valence-corrected chi connectivity index (χ4v) is 3.28. The normalized spacial score (nSPS) is 20.7. The number of aliphatic carboxylic acids is 1. The first kappa shape index (κ1) is 22.2. The van der Waals surface area contributed by atoms with Crippen molar-refractivity contribution in [2.24, 2.45) is 11.7 Å². The smallest absolute Gasteiger partial charge is 0.306 e. The highest BCUT2D eigenvalue weighted by Gasteiger charge is 2.40. The summed E-state index contributed by atoms with van der Waals surface area (Å²) in [7, 11) is 0. The number of benzene rings is 1. The van der Waals surface area contributed by atoms with Crippen LogP contribution in [0.5, 0.6) is 0 Å². The number of carboxylic acid groups (broad SMARTS) is 1. The van der Waals surface area contributed by atoms with E-state index in [1.807, 2.05) is 13.8 Å². The molecule has 1 aliphatic heterocycles. The summed E-state index contributed by atoms with van der Waals surface area (Å²) in [6.45, 7) is 5.34. The second-order valence-corrected chi connectivity index (χ2v) is 7.95. The highest BCUT2D eigenvalue weighted by molar-refractivity contribution is 5.96. The molecular formula is C19H27F2N3O4. The predicted octanol–water partition coefficient (Wildman–Crippen LogP) is 1.19. The first-order valence-electron chi connectivity index (χ1n) is 9.10. The van der Waals surface area contributed by atoms with Crippen molar-refractivity contribution in [2.75, 3.05) is 24.5 Å². The van der Waals surface area contributed by atoms with Crippen molar-refractivity contribution in [2.45, 2.75) is 44.9 Å². The van der Waals surface area contributed by atoms with Crippen molar-refractivity contribution in [1.82, 2.24) is 4.90 Å². The Morgan fingerprint density at radius 3 is 2.61 bits per heavy atom. The van der Waals surface area contributed by atoms with Crippen LogP contribution in [0.15, 0.2) is 18.2 Å². The molecule has 3 atom stereocenters. The van der Waals surface area contributed by atoms with Gasteiger partial charge in [-0.25, -0.2) is 8.78 Å². The third-order valence-electron chi connectivity index (χ3n) is 5.19. The van der Waals surface area contributed by atoms with Gasteiger partial charge in [0.25, 0.3) is 0 Å². The monoisotopic (exact) mass is 399 g/mol. The fraction of sp³-hybridized carbons (Fsp3) is 0.579. The van der Waals surface area contributed by atoms with Gasteiger partial charge in [-0.1, -0.05) is 13.0 Å². The van der Waals surface area contributed by atoms with Gasteiger partial charge in [-0.15, -0.1) is 0 Å². The second kappa shape index (κ2) is 8.50. The molecule has 0 unspecified atom stereocenters. The second-order valence-electron chi connectivity index (χ2n) is 7.95. The van der Waals surface area contributed by atoms with Crippen LogP contribution in [0, 0.1) is 17.6 Å². The largest absolute Gasteiger partial charge is 0.481 e. The molecule has 0 bridgehead atoms. The molecule has 9 heteroatoms. The fourth-order valence-electron chi connectivity index (χ4n) is 3.28. The Morgan fingerprint density at radius 1 is 1.36 bits per heavy atom. The number of aliphatic hydroxyl groups excluding tert-OH is 1. The summed E-state index contributed by atoms with van der Waals surface area (Å²) in [6, 6.07) is 2.93. The predicted molar refractivity (Wildman–Crippen MR) is 99.8 cm³/mol. The lowest BCUT2D eigenvalue weighted by Crippen LogP contribution is -2.64. The summed E-state index contributed by atoms with van der Waals surface area (Å²) in [5, 5.41) is 19.2. The van der Waals surface area contributed by atoms with Crippen molar-refractivity contribution >= 4 is 17.6 Å². The van der Waals surface area contributed by atoms with E-state index in [0.29, 0.717) is 0 Å².